The standard InChI is InChI=1S/C14H28N2O3/c1-10(2)9-12(5)15(6)14(19)16(11(3)4)8-7-13(17)18/h10-12H,7-9H2,1-6H3,(H,17,18). The molecular formula is C14H28N2O3. The van der Waals surface area contributed by atoms with Crippen LogP contribution in [-0.2, 0) is 4.79 Å². The second-order valence-corrected chi connectivity index (χ2v) is 5.80. The van der Waals surface area contributed by atoms with Gasteiger partial charge in [-0.05, 0) is 33.1 Å². The first-order valence-corrected chi connectivity index (χ1v) is 6.92. The lowest BCUT2D eigenvalue weighted by molar-refractivity contribution is -0.137. The van der Waals surface area contributed by atoms with Crippen molar-refractivity contribution in [3.05, 3.63) is 0 Å². The molecule has 0 aromatic carbocycles. The number of carboxylic acid groups (broad SMARTS) is 1. The Morgan fingerprint density at radius 3 is 2.00 bits per heavy atom. The molecule has 1 N–H and O–H groups in total. The summed E-state index contributed by atoms with van der Waals surface area (Å²) in [6.45, 7) is 10.3. The summed E-state index contributed by atoms with van der Waals surface area (Å²) in [5.41, 5.74) is 0. The molecule has 112 valence electrons. The number of amides is 2. The topological polar surface area (TPSA) is 60.9 Å². The molecule has 0 aliphatic heterocycles. The summed E-state index contributed by atoms with van der Waals surface area (Å²) in [5.74, 6) is -0.354. The van der Waals surface area contributed by atoms with E-state index in [-0.39, 0.29) is 31.1 Å². The molecule has 0 bridgehead atoms. The van der Waals surface area contributed by atoms with Crippen LogP contribution in [0.3, 0.4) is 0 Å². The lowest BCUT2D eigenvalue weighted by Gasteiger charge is -2.34. The lowest BCUT2D eigenvalue weighted by Crippen LogP contribution is -2.48. The van der Waals surface area contributed by atoms with Gasteiger partial charge in [-0.25, -0.2) is 4.79 Å². The summed E-state index contributed by atoms with van der Waals surface area (Å²) in [7, 11) is 1.78. The first-order valence-electron chi connectivity index (χ1n) is 6.92. The predicted octanol–water partition coefficient (Wildman–Crippen LogP) is 2.66. The van der Waals surface area contributed by atoms with E-state index in [9.17, 15) is 9.59 Å². The number of hydrogen-bond donors (Lipinski definition) is 1. The van der Waals surface area contributed by atoms with Crippen molar-refractivity contribution in [1.29, 1.82) is 0 Å². The van der Waals surface area contributed by atoms with Gasteiger partial charge in [-0.2, -0.15) is 0 Å². The smallest absolute Gasteiger partial charge is 0.320 e. The number of urea groups is 1. The highest BCUT2D eigenvalue weighted by Gasteiger charge is 2.24. The van der Waals surface area contributed by atoms with Crippen LogP contribution < -0.4 is 0 Å². The molecular weight excluding hydrogens is 244 g/mol. The maximum Gasteiger partial charge on any atom is 0.320 e. The molecule has 0 radical (unpaired) electrons. The van der Waals surface area contributed by atoms with Crippen molar-refractivity contribution in [3.8, 4) is 0 Å². The van der Waals surface area contributed by atoms with E-state index >= 15 is 0 Å². The highest BCUT2D eigenvalue weighted by Crippen LogP contribution is 2.13. The zero-order valence-corrected chi connectivity index (χ0v) is 13.0. The molecule has 0 saturated heterocycles. The predicted molar refractivity (Wildman–Crippen MR) is 76.2 cm³/mol. The number of hydrogen-bond acceptors (Lipinski definition) is 2. The summed E-state index contributed by atoms with van der Waals surface area (Å²) < 4.78 is 0. The molecule has 1 atom stereocenters. The van der Waals surface area contributed by atoms with Gasteiger partial charge in [-0.3, -0.25) is 4.79 Å². The summed E-state index contributed by atoms with van der Waals surface area (Å²) in [4.78, 5) is 26.4. The Balaban J connectivity index is 4.65. The lowest BCUT2D eigenvalue weighted by atomic mass is 10.0. The summed E-state index contributed by atoms with van der Waals surface area (Å²) >= 11 is 0. The van der Waals surface area contributed by atoms with Crippen LogP contribution in [0, 0.1) is 5.92 Å². The van der Waals surface area contributed by atoms with Crippen molar-refractivity contribution in [3.63, 3.8) is 0 Å². The van der Waals surface area contributed by atoms with Gasteiger partial charge in [-0.15, -0.1) is 0 Å². The van der Waals surface area contributed by atoms with E-state index in [0.29, 0.717) is 5.92 Å². The molecule has 0 fully saturated rings. The highest BCUT2D eigenvalue weighted by atomic mass is 16.4. The summed E-state index contributed by atoms with van der Waals surface area (Å²) in [6, 6.07) is 0.0588. The van der Waals surface area contributed by atoms with E-state index in [1.807, 2.05) is 20.8 Å². The second-order valence-electron chi connectivity index (χ2n) is 5.80. The van der Waals surface area contributed by atoms with Crippen molar-refractivity contribution < 1.29 is 14.7 Å². The van der Waals surface area contributed by atoms with Gasteiger partial charge >= 0.3 is 12.0 Å². The maximum absolute atomic E-state index is 12.4. The van der Waals surface area contributed by atoms with Crippen LogP contribution in [0.4, 0.5) is 4.79 Å². The fourth-order valence-corrected chi connectivity index (χ4v) is 2.02. The van der Waals surface area contributed by atoms with Gasteiger partial charge < -0.3 is 14.9 Å². The minimum atomic E-state index is -0.878. The van der Waals surface area contributed by atoms with Crippen molar-refractivity contribution in [2.24, 2.45) is 5.92 Å². The molecule has 0 aliphatic rings. The molecule has 0 rings (SSSR count). The van der Waals surface area contributed by atoms with Gasteiger partial charge in [0, 0.05) is 25.7 Å². The van der Waals surface area contributed by atoms with E-state index < -0.39 is 5.97 Å². The molecule has 0 spiro atoms. The molecule has 19 heavy (non-hydrogen) atoms. The Labute approximate surface area is 116 Å². The fraction of sp³-hybridized carbons (Fsp3) is 0.857. The molecule has 5 heteroatoms. The van der Waals surface area contributed by atoms with Crippen molar-refractivity contribution >= 4 is 12.0 Å². The van der Waals surface area contributed by atoms with E-state index in [2.05, 4.69) is 13.8 Å². The monoisotopic (exact) mass is 272 g/mol. The third kappa shape index (κ3) is 6.45. The minimum absolute atomic E-state index is 0.000509. The van der Waals surface area contributed by atoms with Crippen molar-refractivity contribution in [2.75, 3.05) is 13.6 Å². The van der Waals surface area contributed by atoms with Crippen molar-refractivity contribution in [2.45, 2.75) is 59.5 Å². The van der Waals surface area contributed by atoms with Gasteiger partial charge in [0.15, 0.2) is 0 Å². The summed E-state index contributed by atoms with van der Waals surface area (Å²) in [6.07, 6.45) is 0.920. The number of carbonyl (C=O) groups excluding carboxylic acids is 1. The number of carboxylic acids is 1. The first kappa shape index (κ1) is 17.7. The highest BCUT2D eigenvalue weighted by molar-refractivity contribution is 5.75. The molecule has 0 heterocycles. The Bertz CT molecular complexity index is 303. The molecule has 0 aromatic rings. The SMILES string of the molecule is CC(C)CC(C)N(C)C(=O)N(CCC(=O)O)C(C)C. The average molecular weight is 272 g/mol. The van der Waals surface area contributed by atoms with Crippen LogP contribution in [0.25, 0.3) is 0 Å². The molecule has 0 saturated carbocycles. The van der Waals surface area contributed by atoms with Crippen LogP contribution in [0.5, 0.6) is 0 Å². The molecule has 5 nitrogen and oxygen atoms in total. The number of nitrogens with zero attached hydrogens (tertiary/aromatic N) is 2. The maximum atomic E-state index is 12.4. The zero-order chi connectivity index (χ0) is 15.2. The van der Waals surface area contributed by atoms with E-state index in [1.54, 1.807) is 16.8 Å². The Kier molecular flexibility index (Phi) is 7.49. The third-order valence-corrected chi connectivity index (χ3v) is 3.21. The van der Waals surface area contributed by atoms with Crippen LogP contribution >= 0.6 is 0 Å². The van der Waals surface area contributed by atoms with Crippen LogP contribution in [0.2, 0.25) is 0 Å². The van der Waals surface area contributed by atoms with E-state index in [4.69, 9.17) is 5.11 Å². The van der Waals surface area contributed by atoms with Gasteiger partial charge in [0.1, 0.15) is 0 Å². The third-order valence-electron chi connectivity index (χ3n) is 3.21. The van der Waals surface area contributed by atoms with Crippen molar-refractivity contribution in [1.82, 2.24) is 9.80 Å². The average Bonchev–Trinajstić information content (AvgIpc) is 2.25. The van der Waals surface area contributed by atoms with Gasteiger partial charge in [0.05, 0.1) is 6.42 Å². The van der Waals surface area contributed by atoms with E-state index in [1.165, 1.54) is 0 Å². The fourth-order valence-electron chi connectivity index (χ4n) is 2.02. The van der Waals surface area contributed by atoms with Gasteiger partial charge in [0.2, 0.25) is 0 Å². The zero-order valence-electron chi connectivity index (χ0n) is 13.0. The van der Waals surface area contributed by atoms with Crippen LogP contribution in [0.1, 0.15) is 47.5 Å². The Morgan fingerprint density at radius 2 is 1.63 bits per heavy atom. The van der Waals surface area contributed by atoms with Gasteiger partial charge in [-0.1, -0.05) is 13.8 Å². The Morgan fingerprint density at radius 1 is 1.11 bits per heavy atom. The number of aliphatic carboxylic acids is 1. The molecule has 0 aromatic heterocycles. The Hall–Kier alpha value is -1.26. The quantitative estimate of drug-likeness (QED) is 0.775. The molecule has 0 aliphatic carbocycles. The molecule has 2 amide bonds. The largest absolute Gasteiger partial charge is 0.481 e. The van der Waals surface area contributed by atoms with Crippen LogP contribution in [-0.4, -0.2) is 52.6 Å². The number of rotatable bonds is 7. The first-order chi connectivity index (χ1) is 8.66. The second kappa shape index (κ2) is 8.02. The van der Waals surface area contributed by atoms with Gasteiger partial charge in [0.25, 0.3) is 0 Å². The van der Waals surface area contributed by atoms with E-state index in [0.717, 1.165) is 6.42 Å². The number of carbonyl (C=O) groups is 2. The normalized spacial score (nSPS) is 12.6. The van der Waals surface area contributed by atoms with Crippen LogP contribution in [0.15, 0.2) is 0 Å². The summed E-state index contributed by atoms with van der Waals surface area (Å²) in [5, 5.41) is 8.74. The minimum Gasteiger partial charge on any atom is -0.481 e. The molecule has 1 unspecified atom stereocenters.